The van der Waals surface area contributed by atoms with Gasteiger partial charge in [-0.25, -0.2) is 0 Å². The standard InChI is InChI=1S/C19H19BrN2O3/c20-15-5-3-4-14(12-15)13-18(23)21-17-7-2-1-6-16(17)19(24)22-8-10-25-11-9-22/h1-7,12H,8-11,13H2,(H,21,23). The molecule has 2 amide bonds. The summed E-state index contributed by atoms with van der Waals surface area (Å²) in [5.41, 5.74) is 1.95. The molecule has 1 heterocycles. The van der Waals surface area contributed by atoms with Crippen molar-refractivity contribution in [3.8, 4) is 0 Å². The highest BCUT2D eigenvalue weighted by molar-refractivity contribution is 9.10. The Kier molecular flexibility index (Phi) is 5.83. The summed E-state index contributed by atoms with van der Waals surface area (Å²) in [6.45, 7) is 2.23. The number of para-hydroxylation sites is 1. The van der Waals surface area contributed by atoms with Gasteiger partial charge in [-0.2, -0.15) is 0 Å². The molecule has 0 saturated carbocycles. The molecular formula is C19H19BrN2O3. The van der Waals surface area contributed by atoms with Gasteiger partial charge in [0.25, 0.3) is 5.91 Å². The Morgan fingerprint density at radius 2 is 1.84 bits per heavy atom. The zero-order chi connectivity index (χ0) is 17.6. The van der Waals surface area contributed by atoms with Crippen LogP contribution in [0.2, 0.25) is 0 Å². The fraction of sp³-hybridized carbons (Fsp3) is 0.263. The number of nitrogens with zero attached hydrogens (tertiary/aromatic N) is 1. The van der Waals surface area contributed by atoms with Crippen LogP contribution in [0.15, 0.2) is 53.0 Å². The largest absolute Gasteiger partial charge is 0.378 e. The van der Waals surface area contributed by atoms with Gasteiger partial charge in [0.2, 0.25) is 5.91 Å². The highest BCUT2D eigenvalue weighted by Crippen LogP contribution is 2.19. The molecule has 0 radical (unpaired) electrons. The van der Waals surface area contributed by atoms with E-state index < -0.39 is 0 Å². The fourth-order valence-corrected chi connectivity index (χ4v) is 3.19. The molecule has 0 unspecified atom stereocenters. The minimum absolute atomic E-state index is 0.0818. The first kappa shape index (κ1) is 17.6. The van der Waals surface area contributed by atoms with Crippen molar-refractivity contribution in [2.24, 2.45) is 0 Å². The van der Waals surface area contributed by atoms with E-state index in [1.165, 1.54) is 0 Å². The quantitative estimate of drug-likeness (QED) is 0.854. The van der Waals surface area contributed by atoms with Crippen LogP contribution in [0.4, 0.5) is 5.69 Å². The maximum atomic E-state index is 12.7. The fourth-order valence-electron chi connectivity index (χ4n) is 2.74. The van der Waals surface area contributed by atoms with Crippen molar-refractivity contribution in [2.45, 2.75) is 6.42 Å². The smallest absolute Gasteiger partial charge is 0.256 e. The first-order valence-electron chi connectivity index (χ1n) is 8.14. The van der Waals surface area contributed by atoms with E-state index in [0.29, 0.717) is 37.6 Å². The topological polar surface area (TPSA) is 58.6 Å². The van der Waals surface area contributed by atoms with Gasteiger partial charge < -0.3 is 15.0 Å². The number of ether oxygens (including phenoxy) is 1. The molecule has 1 aliphatic heterocycles. The van der Waals surface area contributed by atoms with E-state index in [1.807, 2.05) is 30.3 Å². The van der Waals surface area contributed by atoms with Crippen LogP contribution < -0.4 is 5.32 Å². The molecule has 0 spiro atoms. The molecule has 2 aromatic carbocycles. The summed E-state index contributed by atoms with van der Waals surface area (Å²) >= 11 is 3.40. The molecule has 2 aromatic rings. The summed E-state index contributed by atoms with van der Waals surface area (Å²) in [6, 6.07) is 14.7. The highest BCUT2D eigenvalue weighted by atomic mass is 79.9. The predicted molar refractivity (Wildman–Crippen MR) is 99.6 cm³/mol. The van der Waals surface area contributed by atoms with Crippen molar-refractivity contribution < 1.29 is 14.3 Å². The summed E-state index contributed by atoms with van der Waals surface area (Å²) in [7, 11) is 0. The Balaban J connectivity index is 1.72. The van der Waals surface area contributed by atoms with Gasteiger partial charge in [0.05, 0.1) is 30.9 Å². The number of nitrogens with one attached hydrogen (secondary N) is 1. The maximum absolute atomic E-state index is 12.7. The zero-order valence-electron chi connectivity index (χ0n) is 13.7. The number of halogens is 1. The summed E-state index contributed by atoms with van der Waals surface area (Å²) in [4.78, 5) is 26.8. The van der Waals surface area contributed by atoms with Crippen LogP contribution in [0.3, 0.4) is 0 Å². The molecular weight excluding hydrogens is 384 g/mol. The Hall–Kier alpha value is -2.18. The Bertz CT molecular complexity index is 773. The Morgan fingerprint density at radius 3 is 2.60 bits per heavy atom. The molecule has 0 bridgehead atoms. The van der Waals surface area contributed by atoms with Crippen LogP contribution in [-0.2, 0) is 16.0 Å². The third-order valence-electron chi connectivity index (χ3n) is 3.98. The third kappa shape index (κ3) is 4.67. The van der Waals surface area contributed by atoms with Crippen LogP contribution in [0.25, 0.3) is 0 Å². The number of amides is 2. The van der Waals surface area contributed by atoms with Gasteiger partial charge in [-0.15, -0.1) is 0 Å². The number of anilines is 1. The average Bonchev–Trinajstić information content (AvgIpc) is 2.62. The predicted octanol–water partition coefficient (Wildman–Crippen LogP) is 3.10. The molecule has 6 heteroatoms. The summed E-state index contributed by atoms with van der Waals surface area (Å²) in [5.74, 6) is -0.234. The lowest BCUT2D eigenvalue weighted by atomic mass is 10.1. The molecule has 1 fully saturated rings. The lowest BCUT2D eigenvalue weighted by Crippen LogP contribution is -2.41. The van der Waals surface area contributed by atoms with Crippen molar-refractivity contribution in [1.82, 2.24) is 4.90 Å². The van der Waals surface area contributed by atoms with Crippen LogP contribution in [0.1, 0.15) is 15.9 Å². The van der Waals surface area contributed by atoms with Gasteiger partial charge in [-0.3, -0.25) is 9.59 Å². The van der Waals surface area contributed by atoms with Gasteiger partial charge >= 0.3 is 0 Å². The minimum atomic E-state index is -0.152. The summed E-state index contributed by atoms with van der Waals surface area (Å²) in [5, 5.41) is 2.87. The average molecular weight is 403 g/mol. The summed E-state index contributed by atoms with van der Waals surface area (Å²) in [6.07, 6.45) is 0.250. The lowest BCUT2D eigenvalue weighted by molar-refractivity contribution is -0.115. The molecule has 25 heavy (non-hydrogen) atoms. The van der Waals surface area contributed by atoms with E-state index >= 15 is 0 Å². The summed E-state index contributed by atoms with van der Waals surface area (Å²) < 4.78 is 6.22. The first-order valence-corrected chi connectivity index (χ1v) is 8.93. The van der Waals surface area contributed by atoms with Gasteiger partial charge in [-0.05, 0) is 29.8 Å². The molecule has 1 aliphatic rings. The number of carbonyl (C=O) groups excluding carboxylic acids is 2. The van der Waals surface area contributed by atoms with Gasteiger partial charge in [0.15, 0.2) is 0 Å². The third-order valence-corrected chi connectivity index (χ3v) is 4.48. The van der Waals surface area contributed by atoms with Crippen molar-refractivity contribution in [2.75, 3.05) is 31.6 Å². The number of hydrogen-bond donors (Lipinski definition) is 1. The van der Waals surface area contributed by atoms with Crippen LogP contribution in [-0.4, -0.2) is 43.0 Å². The molecule has 0 atom stereocenters. The number of carbonyl (C=O) groups is 2. The molecule has 0 aromatic heterocycles. The van der Waals surface area contributed by atoms with Crippen molar-refractivity contribution in [1.29, 1.82) is 0 Å². The number of hydrogen-bond acceptors (Lipinski definition) is 3. The lowest BCUT2D eigenvalue weighted by Gasteiger charge is -2.27. The zero-order valence-corrected chi connectivity index (χ0v) is 15.3. The number of rotatable bonds is 4. The highest BCUT2D eigenvalue weighted by Gasteiger charge is 2.21. The van der Waals surface area contributed by atoms with Gasteiger partial charge in [-0.1, -0.05) is 40.2 Å². The normalized spacial score (nSPS) is 14.2. The van der Waals surface area contributed by atoms with Crippen LogP contribution in [0, 0.1) is 0 Å². The van der Waals surface area contributed by atoms with Crippen molar-refractivity contribution in [3.63, 3.8) is 0 Å². The van der Waals surface area contributed by atoms with E-state index in [0.717, 1.165) is 10.0 Å². The van der Waals surface area contributed by atoms with Gasteiger partial charge in [0, 0.05) is 17.6 Å². The number of benzene rings is 2. The molecule has 1 N–H and O–H groups in total. The second-order valence-corrected chi connectivity index (χ2v) is 6.72. The minimum Gasteiger partial charge on any atom is -0.378 e. The van der Waals surface area contributed by atoms with E-state index in [-0.39, 0.29) is 18.2 Å². The molecule has 0 aliphatic carbocycles. The molecule has 1 saturated heterocycles. The van der Waals surface area contributed by atoms with Gasteiger partial charge in [0.1, 0.15) is 0 Å². The molecule has 5 nitrogen and oxygen atoms in total. The Labute approximate surface area is 155 Å². The molecule has 130 valence electrons. The monoisotopic (exact) mass is 402 g/mol. The SMILES string of the molecule is O=C(Cc1cccc(Br)c1)Nc1ccccc1C(=O)N1CCOCC1. The second-order valence-electron chi connectivity index (χ2n) is 5.81. The van der Waals surface area contributed by atoms with Crippen molar-refractivity contribution >= 4 is 33.4 Å². The Morgan fingerprint density at radius 1 is 1.08 bits per heavy atom. The van der Waals surface area contributed by atoms with E-state index in [4.69, 9.17) is 4.74 Å². The van der Waals surface area contributed by atoms with E-state index in [2.05, 4.69) is 21.2 Å². The van der Waals surface area contributed by atoms with Crippen molar-refractivity contribution in [3.05, 3.63) is 64.1 Å². The van der Waals surface area contributed by atoms with Crippen LogP contribution >= 0.6 is 15.9 Å². The maximum Gasteiger partial charge on any atom is 0.256 e. The number of morpholine rings is 1. The van der Waals surface area contributed by atoms with Crippen LogP contribution in [0.5, 0.6) is 0 Å². The second kappa shape index (κ2) is 8.27. The van der Waals surface area contributed by atoms with E-state index in [1.54, 1.807) is 23.1 Å². The molecule has 3 rings (SSSR count). The first-order chi connectivity index (χ1) is 12.1. The van der Waals surface area contributed by atoms with E-state index in [9.17, 15) is 9.59 Å².